The molecule has 0 atom stereocenters. The van der Waals surface area contributed by atoms with E-state index in [2.05, 4.69) is 45.1 Å². The maximum atomic E-state index is 11.2. The summed E-state index contributed by atoms with van der Waals surface area (Å²) in [6, 6.07) is 14.7. The minimum absolute atomic E-state index is 0.176. The van der Waals surface area contributed by atoms with Crippen molar-refractivity contribution in [1.82, 2.24) is 14.8 Å². The van der Waals surface area contributed by atoms with Crippen molar-refractivity contribution in [2.24, 2.45) is 5.73 Å². The summed E-state index contributed by atoms with van der Waals surface area (Å²) in [5, 5.41) is 0. The van der Waals surface area contributed by atoms with Crippen molar-refractivity contribution in [3.63, 3.8) is 0 Å². The van der Waals surface area contributed by atoms with Gasteiger partial charge in [0.1, 0.15) is 17.5 Å². The topological polar surface area (TPSA) is 71.7 Å². The number of hydrogen-bond donors (Lipinski definition) is 1. The summed E-state index contributed by atoms with van der Waals surface area (Å²) in [5.41, 5.74) is 6.90. The van der Waals surface area contributed by atoms with Crippen molar-refractivity contribution in [2.75, 3.05) is 26.2 Å². The number of carbonyl (C=O) groups is 1. The van der Waals surface area contributed by atoms with Crippen LogP contribution in [0.15, 0.2) is 48.7 Å². The number of ether oxygens (including phenoxy) is 1. The number of amides is 1. The number of nitrogens with two attached hydrogens (primary N) is 1. The van der Waals surface area contributed by atoms with Crippen LogP contribution >= 0.6 is 0 Å². The van der Waals surface area contributed by atoms with Gasteiger partial charge >= 0.3 is 0 Å². The van der Waals surface area contributed by atoms with E-state index < -0.39 is 5.91 Å². The number of rotatable bonds is 6. The lowest BCUT2D eigenvalue weighted by Gasteiger charge is -2.46. The fourth-order valence-corrected chi connectivity index (χ4v) is 3.94. The first-order chi connectivity index (χ1) is 13.2. The quantitative estimate of drug-likeness (QED) is 0.846. The Labute approximate surface area is 159 Å². The predicted molar refractivity (Wildman–Crippen MR) is 103 cm³/mol. The highest BCUT2D eigenvalue weighted by atomic mass is 16.5. The molecular formula is C21H26N4O2. The van der Waals surface area contributed by atoms with Crippen molar-refractivity contribution in [2.45, 2.75) is 31.5 Å². The third-order valence-corrected chi connectivity index (χ3v) is 5.49. The average Bonchev–Trinajstić information content (AvgIpc) is 2.66. The molecule has 6 heteroatoms. The Bertz CT molecular complexity index is 769. The zero-order valence-corrected chi connectivity index (χ0v) is 15.5. The summed E-state index contributed by atoms with van der Waals surface area (Å²) in [6.45, 7) is 5.22. The molecule has 2 aliphatic rings. The van der Waals surface area contributed by atoms with Crippen LogP contribution in [-0.2, 0) is 6.54 Å². The molecule has 142 valence electrons. The number of hydrogen-bond acceptors (Lipinski definition) is 5. The molecule has 1 aromatic carbocycles. The number of piperidine rings is 1. The zero-order valence-electron chi connectivity index (χ0n) is 15.5. The van der Waals surface area contributed by atoms with Crippen LogP contribution in [-0.4, -0.2) is 59.0 Å². The van der Waals surface area contributed by atoms with Gasteiger partial charge < -0.3 is 10.5 Å². The van der Waals surface area contributed by atoms with Crippen molar-refractivity contribution in [3.05, 3.63) is 59.9 Å². The maximum Gasteiger partial charge on any atom is 0.267 e. The number of likely N-dealkylation sites (tertiary alicyclic amines) is 2. The molecule has 1 amide bonds. The second-order valence-corrected chi connectivity index (χ2v) is 7.43. The van der Waals surface area contributed by atoms with Crippen LogP contribution in [0.1, 0.15) is 28.9 Å². The fraction of sp³-hybridized carbons (Fsp3) is 0.429. The molecule has 4 rings (SSSR count). The van der Waals surface area contributed by atoms with E-state index in [1.54, 1.807) is 18.3 Å². The number of aromatic nitrogens is 1. The molecule has 0 unspecified atom stereocenters. The monoisotopic (exact) mass is 366 g/mol. The van der Waals surface area contributed by atoms with Crippen LogP contribution in [0.4, 0.5) is 0 Å². The lowest BCUT2D eigenvalue weighted by atomic mass is 9.98. The van der Waals surface area contributed by atoms with E-state index in [4.69, 9.17) is 10.5 Å². The number of pyridine rings is 1. The molecule has 27 heavy (non-hydrogen) atoms. The van der Waals surface area contributed by atoms with E-state index in [0.717, 1.165) is 32.7 Å². The Morgan fingerprint density at radius 1 is 1.15 bits per heavy atom. The summed E-state index contributed by atoms with van der Waals surface area (Å²) >= 11 is 0. The molecule has 6 nitrogen and oxygen atoms in total. The van der Waals surface area contributed by atoms with Crippen molar-refractivity contribution in [3.8, 4) is 5.75 Å². The molecule has 0 spiro atoms. The average molecular weight is 366 g/mol. The van der Waals surface area contributed by atoms with Gasteiger partial charge in [-0.05, 0) is 37.6 Å². The maximum absolute atomic E-state index is 11.2. The van der Waals surface area contributed by atoms with Gasteiger partial charge in [-0.25, -0.2) is 0 Å². The fourth-order valence-electron chi connectivity index (χ4n) is 3.94. The smallest absolute Gasteiger partial charge is 0.267 e. The van der Waals surface area contributed by atoms with E-state index in [1.807, 2.05) is 0 Å². The van der Waals surface area contributed by atoms with Gasteiger partial charge in [0.05, 0.1) is 0 Å². The van der Waals surface area contributed by atoms with Gasteiger partial charge in [-0.3, -0.25) is 19.6 Å². The molecule has 3 heterocycles. The Hall–Kier alpha value is -2.44. The van der Waals surface area contributed by atoms with E-state index in [0.29, 0.717) is 11.8 Å². The number of carbonyl (C=O) groups excluding carboxylic acids is 1. The number of nitrogens with zero attached hydrogens (tertiary/aromatic N) is 3. The van der Waals surface area contributed by atoms with Crippen LogP contribution in [0.5, 0.6) is 5.75 Å². The van der Waals surface area contributed by atoms with Crippen molar-refractivity contribution < 1.29 is 9.53 Å². The minimum atomic E-state index is -0.530. The third-order valence-electron chi connectivity index (χ3n) is 5.49. The lowest BCUT2D eigenvalue weighted by molar-refractivity contribution is -0.0272. The summed E-state index contributed by atoms with van der Waals surface area (Å²) in [5.74, 6) is 0.138. The second kappa shape index (κ2) is 8.06. The highest BCUT2D eigenvalue weighted by molar-refractivity contribution is 5.91. The molecule has 2 aliphatic heterocycles. The molecule has 2 saturated heterocycles. The first-order valence-electron chi connectivity index (χ1n) is 9.60. The highest BCUT2D eigenvalue weighted by Gasteiger charge is 2.35. The van der Waals surface area contributed by atoms with Gasteiger partial charge in [0, 0.05) is 37.9 Å². The van der Waals surface area contributed by atoms with E-state index >= 15 is 0 Å². The zero-order chi connectivity index (χ0) is 18.6. The van der Waals surface area contributed by atoms with Gasteiger partial charge in [0.25, 0.3) is 5.91 Å². The second-order valence-electron chi connectivity index (χ2n) is 7.43. The van der Waals surface area contributed by atoms with Gasteiger partial charge in [0.2, 0.25) is 0 Å². The number of primary amides is 1. The summed E-state index contributed by atoms with van der Waals surface area (Å²) < 4.78 is 5.96. The largest absolute Gasteiger partial charge is 0.488 e. The van der Waals surface area contributed by atoms with E-state index in [9.17, 15) is 4.79 Å². The first kappa shape index (κ1) is 17.9. The summed E-state index contributed by atoms with van der Waals surface area (Å²) in [4.78, 5) is 20.2. The highest BCUT2D eigenvalue weighted by Crippen LogP contribution is 2.25. The van der Waals surface area contributed by atoms with E-state index in [-0.39, 0.29) is 11.8 Å². The molecule has 0 aliphatic carbocycles. The molecule has 2 aromatic rings. The standard InChI is InChI=1S/C21H26N4O2/c22-21(26)20-12-18(6-9-23-20)27-19-14-25(15-19)17-7-10-24(11-8-17)13-16-4-2-1-3-5-16/h1-6,9,12,17,19H,7-8,10-11,13-15H2,(H2,22,26). The molecule has 2 fully saturated rings. The minimum Gasteiger partial charge on any atom is -0.488 e. The predicted octanol–water partition coefficient (Wildman–Crippen LogP) is 1.91. The van der Waals surface area contributed by atoms with Crippen LogP contribution in [0.3, 0.4) is 0 Å². The molecular weight excluding hydrogens is 340 g/mol. The van der Waals surface area contributed by atoms with Crippen LogP contribution in [0, 0.1) is 0 Å². The Balaban J connectivity index is 1.20. The lowest BCUT2D eigenvalue weighted by Crippen LogP contribution is -2.59. The first-order valence-corrected chi connectivity index (χ1v) is 9.60. The van der Waals surface area contributed by atoms with Gasteiger partial charge in [-0.1, -0.05) is 30.3 Å². The van der Waals surface area contributed by atoms with Crippen LogP contribution in [0.25, 0.3) is 0 Å². The Morgan fingerprint density at radius 2 is 1.89 bits per heavy atom. The van der Waals surface area contributed by atoms with Crippen molar-refractivity contribution >= 4 is 5.91 Å². The molecule has 0 radical (unpaired) electrons. The summed E-state index contributed by atoms with van der Waals surface area (Å²) in [7, 11) is 0. The van der Waals surface area contributed by atoms with Crippen LogP contribution in [0.2, 0.25) is 0 Å². The summed E-state index contributed by atoms with van der Waals surface area (Å²) in [6.07, 6.45) is 4.16. The molecule has 1 aromatic heterocycles. The third kappa shape index (κ3) is 4.46. The van der Waals surface area contributed by atoms with Gasteiger partial charge in [-0.2, -0.15) is 0 Å². The van der Waals surface area contributed by atoms with Gasteiger partial charge in [0.15, 0.2) is 0 Å². The van der Waals surface area contributed by atoms with Crippen molar-refractivity contribution in [1.29, 1.82) is 0 Å². The molecule has 0 bridgehead atoms. The van der Waals surface area contributed by atoms with Crippen LogP contribution < -0.4 is 10.5 Å². The Morgan fingerprint density at radius 3 is 2.59 bits per heavy atom. The molecule has 0 saturated carbocycles. The SMILES string of the molecule is NC(=O)c1cc(OC2CN(C3CCN(Cc4ccccc4)CC3)C2)ccn1. The van der Waals surface area contributed by atoms with Gasteiger partial charge in [-0.15, -0.1) is 0 Å². The normalized spacial score (nSPS) is 19.6. The van der Waals surface area contributed by atoms with E-state index in [1.165, 1.54) is 18.4 Å². The number of benzene rings is 1. The Kier molecular flexibility index (Phi) is 5.36. The molecule has 2 N–H and O–H groups in total.